The van der Waals surface area contributed by atoms with E-state index >= 15 is 0 Å². The average Bonchev–Trinajstić information content (AvgIpc) is 0.939. The van der Waals surface area contributed by atoms with E-state index in [0.717, 1.165) is 128 Å². The van der Waals surface area contributed by atoms with Crippen molar-refractivity contribution in [2.45, 2.75) is 329 Å². The van der Waals surface area contributed by atoms with Crippen LogP contribution in [0.4, 0.5) is 0 Å². The molecule has 0 aliphatic rings. The number of hydrogen-bond acceptors (Lipinski definition) is 15. The summed E-state index contributed by atoms with van der Waals surface area (Å²) in [5.74, 6) is -2.31. The molecule has 0 saturated carbocycles. The fourth-order valence-electron chi connectivity index (χ4n) is 10.2. The van der Waals surface area contributed by atoms with Gasteiger partial charge in [-0.15, -0.1) is 0 Å². The van der Waals surface area contributed by atoms with Crippen molar-refractivity contribution in [2.24, 2.45) is 0 Å². The number of rotatable bonds is 73. The maximum Gasteiger partial charge on any atom is 0.472 e. The van der Waals surface area contributed by atoms with Gasteiger partial charge in [-0.2, -0.15) is 0 Å². The maximum atomic E-state index is 13.1. The molecular formula is C83H140O17P2. The number of phosphoric ester groups is 2. The molecule has 0 heterocycles. The van der Waals surface area contributed by atoms with E-state index in [4.69, 9.17) is 37.0 Å². The smallest absolute Gasteiger partial charge is 0.462 e. The van der Waals surface area contributed by atoms with Crippen LogP contribution in [0.15, 0.2) is 134 Å². The number of allylic oxidation sites excluding steroid dienone is 22. The topological polar surface area (TPSA) is 237 Å². The highest BCUT2D eigenvalue weighted by molar-refractivity contribution is 7.47. The first kappa shape index (κ1) is 97.2. The monoisotopic (exact) mass is 1470 g/mol. The van der Waals surface area contributed by atoms with Gasteiger partial charge in [0.05, 0.1) is 26.4 Å². The Labute approximate surface area is 618 Å². The average molecular weight is 1470 g/mol. The number of ether oxygens (including phenoxy) is 4. The molecule has 0 fully saturated rings. The van der Waals surface area contributed by atoms with E-state index < -0.39 is 97.5 Å². The molecule has 0 aromatic carbocycles. The van der Waals surface area contributed by atoms with Gasteiger partial charge in [-0.1, -0.05) is 290 Å². The normalized spacial score (nSPS) is 14.6. The van der Waals surface area contributed by atoms with Crippen LogP contribution < -0.4 is 0 Å². The van der Waals surface area contributed by atoms with Gasteiger partial charge in [0.25, 0.3) is 0 Å². The molecule has 19 heteroatoms. The summed E-state index contributed by atoms with van der Waals surface area (Å²) in [6.45, 7) is 4.51. The number of aliphatic hydroxyl groups is 1. The summed E-state index contributed by atoms with van der Waals surface area (Å²) in [5.41, 5.74) is 0. The Bertz CT molecular complexity index is 2460. The molecule has 102 heavy (non-hydrogen) atoms. The van der Waals surface area contributed by atoms with E-state index in [2.05, 4.69) is 137 Å². The second-order valence-electron chi connectivity index (χ2n) is 25.9. The summed E-state index contributed by atoms with van der Waals surface area (Å²) < 4.78 is 68.4. The Kier molecular flexibility index (Phi) is 71.0. The van der Waals surface area contributed by atoms with E-state index in [9.17, 15) is 43.2 Å². The van der Waals surface area contributed by atoms with E-state index in [0.29, 0.717) is 38.5 Å². The van der Waals surface area contributed by atoms with Crippen molar-refractivity contribution >= 4 is 39.5 Å². The van der Waals surface area contributed by atoms with Crippen molar-refractivity contribution in [3.05, 3.63) is 134 Å². The van der Waals surface area contributed by atoms with Gasteiger partial charge in [0.2, 0.25) is 0 Å². The number of unbranched alkanes of at least 4 members (excludes halogenated alkanes) is 25. The van der Waals surface area contributed by atoms with Crippen molar-refractivity contribution in [2.75, 3.05) is 39.6 Å². The Morgan fingerprint density at radius 2 is 0.520 bits per heavy atom. The van der Waals surface area contributed by atoms with Gasteiger partial charge in [-0.25, -0.2) is 9.13 Å². The number of hydrogen-bond donors (Lipinski definition) is 3. The Morgan fingerprint density at radius 3 is 0.824 bits per heavy atom. The predicted molar refractivity (Wildman–Crippen MR) is 418 cm³/mol. The predicted octanol–water partition coefficient (Wildman–Crippen LogP) is 22.9. The molecule has 5 atom stereocenters. The van der Waals surface area contributed by atoms with Crippen LogP contribution in [0.2, 0.25) is 0 Å². The van der Waals surface area contributed by atoms with Gasteiger partial charge in [-0.3, -0.25) is 37.3 Å². The molecule has 3 N–H and O–H groups in total. The van der Waals surface area contributed by atoms with Crippen LogP contribution in [0.5, 0.6) is 0 Å². The van der Waals surface area contributed by atoms with Gasteiger partial charge in [-0.05, 0) is 128 Å². The molecular weight excluding hydrogens is 1330 g/mol. The zero-order valence-electron chi connectivity index (χ0n) is 63.7. The zero-order valence-corrected chi connectivity index (χ0v) is 65.5. The molecule has 584 valence electrons. The minimum Gasteiger partial charge on any atom is -0.462 e. The van der Waals surface area contributed by atoms with Crippen molar-refractivity contribution in [1.29, 1.82) is 0 Å². The number of phosphoric acid groups is 2. The third kappa shape index (κ3) is 73.5. The van der Waals surface area contributed by atoms with Crippen molar-refractivity contribution < 1.29 is 80.2 Å². The van der Waals surface area contributed by atoms with Crippen LogP contribution in [0.3, 0.4) is 0 Å². The summed E-state index contributed by atoms with van der Waals surface area (Å²) in [7, 11) is -9.99. The van der Waals surface area contributed by atoms with Gasteiger partial charge in [0, 0.05) is 25.7 Å². The van der Waals surface area contributed by atoms with Crippen molar-refractivity contribution in [3.8, 4) is 0 Å². The zero-order chi connectivity index (χ0) is 74.6. The van der Waals surface area contributed by atoms with Crippen LogP contribution in [0.1, 0.15) is 310 Å². The molecule has 0 bridgehead atoms. The molecule has 0 saturated heterocycles. The summed E-state index contributed by atoms with van der Waals surface area (Å²) in [4.78, 5) is 72.9. The van der Waals surface area contributed by atoms with Crippen LogP contribution in [-0.4, -0.2) is 96.7 Å². The minimum atomic E-state index is -5.00. The fraction of sp³-hybridized carbons (Fsp3) is 0.687. The Hall–Kier alpha value is -4.80. The molecule has 5 unspecified atom stereocenters. The Balaban J connectivity index is 5.45. The van der Waals surface area contributed by atoms with Crippen LogP contribution in [0.25, 0.3) is 0 Å². The second kappa shape index (κ2) is 74.5. The van der Waals surface area contributed by atoms with Gasteiger partial charge >= 0.3 is 39.5 Å². The third-order valence-corrected chi connectivity index (χ3v) is 18.0. The lowest BCUT2D eigenvalue weighted by Crippen LogP contribution is -2.30. The van der Waals surface area contributed by atoms with Crippen LogP contribution in [0, 0.1) is 0 Å². The number of carbonyl (C=O) groups excluding carboxylic acids is 4. The molecule has 0 radical (unpaired) electrons. The van der Waals surface area contributed by atoms with Crippen LogP contribution in [-0.2, 0) is 65.4 Å². The van der Waals surface area contributed by atoms with Gasteiger partial charge in [0.15, 0.2) is 12.2 Å². The molecule has 17 nitrogen and oxygen atoms in total. The first-order chi connectivity index (χ1) is 49.7. The van der Waals surface area contributed by atoms with Gasteiger partial charge in [0.1, 0.15) is 19.3 Å². The highest BCUT2D eigenvalue weighted by atomic mass is 31.2. The van der Waals surface area contributed by atoms with Crippen molar-refractivity contribution in [1.82, 2.24) is 0 Å². The lowest BCUT2D eigenvalue weighted by Gasteiger charge is -2.21. The van der Waals surface area contributed by atoms with Crippen LogP contribution >= 0.6 is 15.6 Å². The fourth-order valence-corrected chi connectivity index (χ4v) is 11.7. The minimum absolute atomic E-state index is 0.0695. The third-order valence-electron chi connectivity index (χ3n) is 16.1. The largest absolute Gasteiger partial charge is 0.472 e. The summed E-state index contributed by atoms with van der Waals surface area (Å²) >= 11 is 0. The van der Waals surface area contributed by atoms with E-state index in [1.54, 1.807) is 0 Å². The molecule has 0 amide bonds. The molecule has 0 aromatic rings. The molecule has 0 aliphatic carbocycles. The summed E-state index contributed by atoms with van der Waals surface area (Å²) in [6, 6.07) is 0. The van der Waals surface area contributed by atoms with Crippen molar-refractivity contribution in [3.63, 3.8) is 0 Å². The highest BCUT2D eigenvalue weighted by Gasteiger charge is 2.30. The molecule has 0 aromatic heterocycles. The molecule has 0 rings (SSSR count). The Morgan fingerprint density at radius 1 is 0.284 bits per heavy atom. The highest BCUT2D eigenvalue weighted by Crippen LogP contribution is 2.45. The van der Waals surface area contributed by atoms with E-state index in [-0.39, 0.29) is 25.7 Å². The van der Waals surface area contributed by atoms with E-state index in [1.165, 1.54) is 89.9 Å². The SMILES string of the molecule is CC/C=C\C/C=C\C/C=C\C/C=C\C/C=C\CCCC(=O)OCC(COP(=O)(O)OCC(O)COP(=O)(O)OCC(COC(=O)CCC/C=C\C/C=C\C/C=C\C/C=C\C/C=C\CC)OC(=O)CCCCCCCCCCCCCCC)OC(=O)CCCCCCC/C=C\CCCCCCCC. The standard InChI is InChI=1S/C83H140O17P2/c1-5-9-13-17-21-25-29-33-36-38-41-44-47-51-55-59-63-67-80(85)93-73-78(99-82(87)69-65-61-57-53-49-43-32-28-24-20-16-12-8-4)75-97-101(89,90)95-71-77(84)72-96-102(91,92)98-76-79(100-83(88)70-66-62-58-54-50-46-40-35-31-27-23-19-15-11-7-3)74-94-81(86)68-64-60-56-52-48-45-42-39-37-34-30-26-22-18-14-10-6-2/h9-10,13-14,21-22,25-26,33-37,40-42,44-45,51-52,55-56,77-79,84H,5-8,11-12,15-20,23-24,27-32,38-39,43,46-50,53-54,57-76H2,1-4H3,(H,89,90)(H,91,92)/b13-9-,14-10-,25-21-,26-22-,36-33-,37-34-,40-35-,44-41-,45-42-,55-51-,56-52-. The first-order valence-electron chi connectivity index (χ1n) is 39.4. The lowest BCUT2D eigenvalue weighted by molar-refractivity contribution is -0.161. The number of carbonyl (C=O) groups is 4. The number of esters is 4. The molecule has 0 spiro atoms. The number of aliphatic hydroxyl groups excluding tert-OH is 1. The maximum absolute atomic E-state index is 13.1. The molecule has 0 aliphatic heterocycles. The summed E-state index contributed by atoms with van der Waals surface area (Å²) in [6.07, 6.45) is 83.1. The summed E-state index contributed by atoms with van der Waals surface area (Å²) in [5, 5.41) is 10.6. The van der Waals surface area contributed by atoms with E-state index in [1.807, 2.05) is 24.3 Å². The second-order valence-corrected chi connectivity index (χ2v) is 28.8. The first-order valence-corrected chi connectivity index (χ1v) is 42.4. The van der Waals surface area contributed by atoms with Gasteiger partial charge < -0.3 is 33.8 Å². The quantitative estimate of drug-likeness (QED) is 0.0169. The lowest BCUT2D eigenvalue weighted by atomic mass is 10.0.